The molecule has 0 atom stereocenters. The second-order valence-corrected chi connectivity index (χ2v) is 8.58. The minimum absolute atomic E-state index is 0.0238. The molecule has 1 aliphatic heterocycles. The smallest absolute Gasteiger partial charge is 0.253 e. The molecule has 1 saturated heterocycles. The summed E-state index contributed by atoms with van der Waals surface area (Å²) in [5.41, 5.74) is 2.55. The minimum Gasteiger partial charge on any atom is -0.486 e. The standard InChI is InChI=1S/C25H23BrF2N2O2/c26-22-7-2-1-5-20(22)16-29-10-12-30(13-11-29)25(31)19-6-3-4-18(14-19)17-32-24-9-8-21(27)15-23(24)28/h1-9,14-15H,10-13,16-17H2. The highest BCUT2D eigenvalue weighted by Crippen LogP contribution is 2.21. The first kappa shape index (κ1) is 22.4. The topological polar surface area (TPSA) is 32.8 Å². The molecule has 4 nitrogen and oxygen atoms in total. The third-order valence-electron chi connectivity index (χ3n) is 5.47. The van der Waals surface area contributed by atoms with Gasteiger partial charge < -0.3 is 9.64 Å². The molecule has 0 radical (unpaired) electrons. The average Bonchev–Trinajstić information content (AvgIpc) is 2.80. The molecule has 0 spiro atoms. The van der Waals surface area contributed by atoms with Gasteiger partial charge in [-0.15, -0.1) is 0 Å². The van der Waals surface area contributed by atoms with Crippen LogP contribution in [0.25, 0.3) is 0 Å². The van der Waals surface area contributed by atoms with E-state index in [2.05, 4.69) is 26.9 Å². The normalized spacial score (nSPS) is 14.4. The van der Waals surface area contributed by atoms with Crippen LogP contribution in [0.3, 0.4) is 0 Å². The Morgan fingerprint density at radius 2 is 1.72 bits per heavy atom. The third-order valence-corrected chi connectivity index (χ3v) is 6.25. The Morgan fingerprint density at radius 3 is 2.47 bits per heavy atom. The van der Waals surface area contributed by atoms with Gasteiger partial charge in [-0.1, -0.05) is 46.3 Å². The van der Waals surface area contributed by atoms with Crippen LogP contribution in [0.2, 0.25) is 0 Å². The number of halogens is 3. The lowest BCUT2D eigenvalue weighted by atomic mass is 10.1. The van der Waals surface area contributed by atoms with E-state index in [1.54, 1.807) is 18.2 Å². The Bertz CT molecular complexity index is 1100. The molecule has 1 heterocycles. The van der Waals surface area contributed by atoms with Crippen LogP contribution in [0.1, 0.15) is 21.5 Å². The first-order chi connectivity index (χ1) is 15.5. The first-order valence-electron chi connectivity index (χ1n) is 10.4. The van der Waals surface area contributed by atoms with Crippen LogP contribution in [0, 0.1) is 11.6 Å². The summed E-state index contributed by atoms with van der Waals surface area (Å²) < 4.78 is 33.4. The van der Waals surface area contributed by atoms with Crippen molar-refractivity contribution in [2.45, 2.75) is 13.2 Å². The summed E-state index contributed by atoms with van der Waals surface area (Å²) in [5, 5.41) is 0. The molecule has 3 aromatic carbocycles. The molecule has 0 saturated carbocycles. The maximum Gasteiger partial charge on any atom is 0.253 e. The van der Waals surface area contributed by atoms with Crippen molar-refractivity contribution in [3.8, 4) is 5.75 Å². The Morgan fingerprint density at radius 1 is 0.938 bits per heavy atom. The molecular weight excluding hydrogens is 478 g/mol. The summed E-state index contributed by atoms with van der Waals surface area (Å²) in [7, 11) is 0. The van der Waals surface area contributed by atoms with E-state index in [0.29, 0.717) is 18.7 Å². The number of carbonyl (C=O) groups excluding carboxylic acids is 1. The van der Waals surface area contributed by atoms with Crippen LogP contribution >= 0.6 is 15.9 Å². The second-order valence-electron chi connectivity index (χ2n) is 7.72. The van der Waals surface area contributed by atoms with E-state index >= 15 is 0 Å². The molecule has 1 amide bonds. The van der Waals surface area contributed by atoms with Crippen LogP contribution in [-0.4, -0.2) is 41.9 Å². The van der Waals surface area contributed by atoms with Crippen molar-refractivity contribution in [3.05, 3.63) is 99.5 Å². The quantitative estimate of drug-likeness (QED) is 0.462. The van der Waals surface area contributed by atoms with E-state index < -0.39 is 11.6 Å². The molecule has 0 aromatic heterocycles. The fourth-order valence-electron chi connectivity index (χ4n) is 3.71. The van der Waals surface area contributed by atoms with E-state index in [1.807, 2.05) is 29.2 Å². The molecule has 1 aliphatic rings. The Kier molecular flexibility index (Phi) is 7.17. The molecule has 0 bridgehead atoms. The molecule has 0 unspecified atom stereocenters. The highest BCUT2D eigenvalue weighted by molar-refractivity contribution is 9.10. The largest absolute Gasteiger partial charge is 0.486 e. The predicted octanol–water partition coefficient (Wildman–Crippen LogP) is 5.26. The molecule has 32 heavy (non-hydrogen) atoms. The zero-order valence-corrected chi connectivity index (χ0v) is 19.0. The van der Waals surface area contributed by atoms with Crippen LogP contribution < -0.4 is 4.74 Å². The lowest BCUT2D eigenvalue weighted by Gasteiger charge is -2.35. The average molecular weight is 501 g/mol. The summed E-state index contributed by atoms with van der Waals surface area (Å²) in [6.07, 6.45) is 0. The summed E-state index contributed by atoms with van der Waals surface area (Å²) in [6.45, 7) is 3.86. The van der Waals surface area contributed by atoms with Crippen molar-refractivity contribution in [3.63, 3.8) is 0 Å². The van der Waals surface area contributed by atoms with Crippen molar-refractivity contribution < 1.29 is 18.3 Å². The van der Waals surface area contributed by atoms with Gasteiger partial charge >= 0.3 is 0 Å². The predicted molar refractivity (Wildman–Crippen MR) is 122 cm³/mol. The number of hydrogen-bond acceptors (Lipinski definition) is 3. The molecule has 3 aromatic rings. The second kappa shape index (κ2) is 10.2. The SMILES string of the molecule is O=C(c1cccc(COc2ccc(F)cc2F)c1)N1CCN(Cc2ccccc2Br)CC1. The molecule has 0 N–H and O–H groups in total. The van der Waals surface area contributed by atoms with E-state index in [4.69, 9.17) is 4.74 Å². The van der Waals surface area contributed by atoms with Gasteiger partial charge in [0.1, 0.15) is 12.4 Å². The monoisotopic (exact) mass is 500 g/mol. The van der Waals surface area contributed by atoms with E-state index in [-0.39, 0.29) is 18.3 Å². The van der Waals surface area contributed by atoms with Gasteiger partial charge in [0.05, 0.1) is 0 Å². The molecule has 0 aliphatic carbocycles. The van der Waals surface area contributed by atoms with Gasteiger partial charge in [-0.3, -0.25) is 9.69 Å². The number of carbonyl (C=O) groups is 1. The van der Waals surface area contributed by atoms with E-state index in [1.165, 1.54) is 11.6 Å². The third kappa shape index (κ3) is 5.53. The van der Waals surface area contributed by atoms with Crippen LogP contribution in [0.5, 0.6) is 5.75 Å². The van der Waals surface area contributed by atoms with Gasteiger partial charge in [0.15, 0.2) is 11.6 Å². The maximum atomic E-state index is 13.8. The molecule has 166 valence electrons. The van der Waals surface area contributed by atoms with Gasteiger partial charge in [-0.2, -0.15) is 0 Å². The van der Waals surface area contributed by atoms with Crippen molar-refractivity contribution in [2.24, 2.45) is 0 Å². The molecular formula is C25H23BrF2N2O2. The highest BCUT2D eigenvalue weighted by Gasteiger charge is 2.22. The van der Waals surface area contributed by atoms with Crippen molar-refractivity contribution in [2.75, 3.05) is 26.2 Å². The molecule has 7 heteroatoms. The first-order valence-corrected chi connectivity index (χ1v) is 11.2. The van der Waals surface area contributed by atoms with Gasteiger partial charge in [0.25, 0.3) is 5.91 Å². The summed E-state index contributed by atoms with van der Waals surface area (Å²) >= 11 is 3.59. The van der Waals surface area contributed by atoms with Gasteiger partial charge in [0.2, 0.25) is 0 Å². The number of hydrogen-bond donors (Lipinski definition) is 0. The number of nitrogens with zero attached hydrogens (tertiary/aromatic N) is 2. The number of amides is 1. The van der Waals surface area contributed by atoms with E-state index in [0.717, 1.165) is 41.8 Å². The van der Waals surface area contributed by atoms with Gasteiger partial charge in [-0.25, -0.2) is 8.78 Å². The van der Waals surface area contributed by atoms with Crippen molar-refractivity contribution >= 4 is 21.8 Å². The zero-order chi connectivity index (χ0) is 22.5. The summed E-state index contributed by atoms with van der Waals surface area (Å²) in [4.78, 5) is 17.2. The fraction of sp³-hybridized carbons (Fsp3) is 0.240. The number of rotatable bonds is 6. The van der Waals surface area contributed by atoms with Crippen LogP contribution in [0.15, 0.2) is 71.2 Å². The van der Waals surface area contributed by atoms with Crippen molar-refractivity contribution in [1.29, 1.82) is 0 Å². The van der Waals surface area contributed by atoms with E-state index in [9.17, 15) is 13.6 Å². The Hall–Kier alpha value is -2.77. The molecule has 1 fully saturated rings. The summed E-state index contributed by atoms with van der Waals surface area (Å²) in [5.74, 6) is -1.46. The fourth-order valence-corrected chi connectivity index (χ4v) is 4.12. The minimum atomic E-state index is -0.752. The van der Waals surface area contributed by atoms with Gasteiger partial charge in [0, 0.05) is 48.8 Å². The number of piperazine rings is 1. The summed E-state index contributed by atoms with van der Waals surface area (Å²) in [6, 6.07) is 18.5. The number of ether oxygens (including phenoxy) is 1. The van der Waals surface area contributed by atoms with Crippen LogP contribution in [0.4, 0.5) is 8.78 Å². The Labute approximate surface area is 194 Å². The molecule has 4 rings (SSSR count). The van der Waals surface area contributed by atoms with Gasteiger partial charge in [-0.05, 0) is 41.5 Å². The zero-order valence-electron chi connectivity index (χ0n) is 17.4. The number of benzene rings is 3. The van der Waals surface area contributed by atoms with Crippen LogP contribution in [-0.2, 0) is 13.2 Å². The highest BCUT2D eigenvalue weighted by atomic mass is 79.9. The van der Waals surface area contributed by atoms with Crippen molar-refractivity contribution in [1.82, 2.24) is 9.80 Å². The Balaban J connectivity index is 1.33. The lowest BCUT2D eigenvalue weighted by Crippen LogP contribution is -2.48. The maximum absolute atomic E-state index is 13.8. The lowest BCUT2D eigenvalue weighted by molar-refractivity contribution is 0.0628.